The zero-order chi connectivity index (χ0) is 20.3. The van der Waals surface area contributed by atoms with Crippen LogP contribution in [-0.2, 0) is 16.0 Å². The first-order chi connectivity index (χ1) is 13.4. The van der Waals surface area contributed by atoms with Gasteiger partial charge in [-0.15, -0.1) is 0 Å². The van der Waals surface area contributed by atoms with Crippen molar-refractivity contribution in [2.24, 2.45) is 0 Å². The number of hydrogen-bond donors (Lipinski definition) is 2. The first-order valence-electron chi connectivity index (χ1n) is 8.73. The Balaban J connectivity index is 1.88. The Kier molecular flexibility index (Phi) is 5.79. The summed E-state index contributed by atoms with van der Waals surface area (Å²) in [5.41, 5.74) is 1.53. The lowest BCUT2D eigenvalue weighted by Gasteiger charge is -2.07. The van der Waals surface area contributed by atoms with Crippen LogP contribution in [-0.4, -0.2) is 33.1 Å². The van der Waals surface area contributed by atoms with Gasteiger partial charge in [0.25, 0.3) is 11.5 Å². The summed E-state index contributed by atoms with van der Waals surface area (Å²) in [4.78, 5) is 41.3. The summed E-state index contributed by atoms with van der Waals surface area (Å²) in [6.45, 7) is 3.69. The molecule has 1 amide bonds. The smallest absolute Gasteiger partial charge is 0.306 e. The fraction of sp³-hybridized carbons (Fsp3) is 0.263. The van der Waals surface area contributed by atoms with Crippen molar-refractivity contribution < 1.29 is 14.3 Å². The number of hydrogen-bond acceptors (Lipinski definition) is 5. The minimum atomic E-state index is -0.411. The van der Waals surface area contributed by atoms with E-state index in [1.807, 2.05) is 0 Å². The molecular formula is C19H19ClN4O4. The predicted molar refractivity (Wildman–Crippen MR) is 105 cm³/mol. The molecule has 2 heterocycles. The van der Waals surface area contributed by atoms with Crippen LogP contribution in [0.2, 0.25) is 5.02 Å². The maximum Gasteiger partial charge on any atom is 0.306 e. The fourth-order valence-corrected chi connectivity index (χ4v) is 2.93. The highest BCUT2D eigenvalue weighted by Crippen LogP contribution is 2.16. The van der Waals surface area contributed by atoms with Gasteiger partial charge in [0, 0.05) is 34.6 Å². The Morgan fingerprint density at radius 3 is 2.68 bits per heavy atom. The van der Waals surface area contributed by atoms with Gasteiger partial charge in [-0.1, -0.05) is 11.6 Å². The number of aryl methyl sites for hydroxylation is 1. The van der Waals surface area contributed by atoms with Crippen molar-refractivity contribution in [1.82, 2.24) is 14.6 Å². The number of H-pyrrole nitrogens is 1. The number of carbonyl (C=O) groups excluding carboxylic acids is 2. The van der Waals surface area contributed by atoms with Crippen molar-refractivity contribution in [3.63, 3.8) is 0 Å². The highest BCUT2D eigenvalue weighted by Gasteiger charge is 2.19. The summed E-state index contributed by atoms with van der Waals surface area (Å²) < 4.78 is 6.09. The van der Waals surface area contributed by atoms with E-state index in [0.29, 0.717) is 22.0 Å². The van der Waals surface area contributed by atoms with E-state index in [1.165, 1.54) is 10.7 Å². The van der Waals surface area contributed by atoms with Gasteiger partial charge in [-0.2, -0.15) is 0 Å². The third-order valence-electron chi connectivity index (χ3n) is 4.19. The van der Waals surface area contributed by atoms with Crippen molar-refractivity contribution in [1.29, 1.82) is 0 Å². The second kappa shape index (κ2) is 8.26. The Bertz CT molecular complexity index is 1090. The molecule has 0 aliphatic carbocycles. The molecule has 146 valence electrons. The summed E-state index contributed by atoms with van der Waals surface area (Å²) >= 11 is 5.84. The number of anilines is 1. The van der Waals surface area contributed by atoms with Crippen LogP contribution in [0.25, 0.3) is 5.65 Å². The van der Waals surface area contributed by atoms with Crippen LogP contribution >= 0.6 is 11.6 Å². The number of ether oxygens (including phenoxy) is 1. The molecule has 0 fully saturated rings. The van der Waals surface area contributed by atoms with Crippen molar-refractivity contribution in [2.75, 3.05) is 11.9 Å². The molecule has 2 aromatic heterocycles. The summed E-state index contributed by atoms with van der Waals surface area (Å²) in [7, 11) is 0. The number of fused-ring (bicyclic) bond motifs is 1. The molecule has 0 radical (unpaired) electrons. The first kappa shape index (κ1) is 19.6. The van der Waals surface area contributed by atoms with Gasteiger partial charge in [0.2, 0.25) is 0 Å². The van der Waals surface area contributed by atoms with Gasteiger partial charge in [-0.05, 0) is 44.5 Å². The Hall–Kier alpha value is -3.13. The molecule has 3 aromatic rings. The lowest BCUT2D eigenvalue weighted by molar-refractivity contribution is -0.143. The average molecular weight is 403 g/mol. The number of rotatable bonds is 6. The third kappa shape index (κ3) is 4.07. The number of halogens is 1. The molecule has 3 rings (SSSR count). The number of nitrogens with zero attached hydrogens (tertiary/aromatic N) is 2. The number of amides is 1. The molecule has 0 bridgehead atoms. The number of aromatic nitrogens is 3. The quantitative estimate of drug-likeness (QED) is 0.617. The van der Waals surface area contributed by atoms with Crippen LogP contribution < -0.4 is 10.9 Å². The molecule has 0 aliphatic heterocycles. The molecule has 0 saturated heterocycles. The molecular weight excluding hydrogens is 384 g/mol. The van der Waals surface area contributed by atoms with E-state index in [-0.39, 0.29) is 42.2 Å². The zero-order valence-corrected chi connectivity index (χ0v) is 16.2. The first-order valence-corrected chi connectivity index (χ1v) is 9.10. The second-order valence-corrected chi connectivity index (χ2v) is 6.53. The Morgan fingerprint density at radius 1 is 1.29 bits per heavy atom. The monoisotopic (exact) mass is 402 g/mol. The highest BCUT2D eigenvalue weighted by molar-refractivity contribution is 6.30. The molecule has 0 spiro atoms. The zero-order valence-electron chi connectivity index (χ0n) is 15.4. The lowest BCUT2D eigenvalue weighted by atomic mass is 10.1. The van der Waals surface area contributed by atoms with Crippen LogP contribution in [0.1, 0.15) is 35.0 Å². The standard InChI is InChI=1S/C19H19ClN4O4/c1-3-28-16(25)9-8-14-11(2)22-17-15(10-21-24(17)19(14)27)18(26)23-13-6-4-12(20)5-7-13/h4-7,10,21H,3,8-9H2,1-2H3,(H,23,26). The van der Waals surface area contributed by atoms with Crippen LogP contribution in [0, 0.1) is 6.92 Å². The van der Waals surface area contributed by atoms with Crippen LogP contribution in [0.5, 0.6) is 0 Å². The van der Waals surface area contributed by atoms with E-state index in [1.54, 1.807) is 38.1 Å². The summed E-state index contributed by atoms with van der Waals surface area (Å²) in [6.07, 6.45) is 1.72. The van der Waals surface area contributed by atoms with E-state index in [2.05, 4.69) is 15.4 Å². The van der Waals surface area contributed by atoms with E-state index in [4.69, 9.17) is 16.3 Å². The number of aromatic amines is 1. The van der Waals surface area contributed by atoms with Crippen molar-refractivity contribution >= 4 is 34.8 Å². The minimum absolute atomic E-state index is 0.0856. The van der Waals surface area contributed by atoms with Crippen molar-refractivity contribution in [3.05, 3.63) is 62.7 Å². The van der Waals surface area contributed by atoms with E-state index in [9.17, 15) is 14.4 Å². The van der Waals surface area contributed by atoms with Crippen LogP contribution in [0.3, 0.4) is 0 Å². The maximum absolute atomic E-state index is 12.7. The molecule has 0 aliphatic rings. The maximum atomic E-state index is 12.7. The highest BCUT2D eigenvalue weighted by atomic mass is 35.5. The number of nitrogens with one attached hydrogen (secondary N) is 2. The lowest BCUT2D eigenvalue weighted by Crippen LogP contribution is -2.23. The van der Waals surface area contributed by atoms with Gasteiger partial charge in [0.1, 0.15) is 5.56 Å². The molecule has 0 unspecified atom stereocenters. The van der Waals surface area contributed by atoms with Gasteiger partial charge >= 0.3 is 5.97 Å². The van der Waals surface area contributed by atoms with Crippen LogP contribution in [0.15, 0.2) is 35.3 Å². The summed E-state index contributed by atoms with van der Waals surface area (Å²) in [6, 6.07) is 6.67. The van der Waals surface area contributed by atoms with E-state index >= 15 is 0 Å². The Morgan fingerprint density at radius 2 is 2.00 bits per heavy atom. The Labute approximate surface area is 165 Å². The van der Waals surface area contributed by atoms with E-state index in [0.717, 1.165) is 0 Å². The van der Waals surface area contributed by atoms with Crippen molar-refractivity contribution in [3.8, 4) is 0 Å². The molecule has 0 atom stereocenters. The minimum Gasteiger partial charge on any atom is -0.466 e. The molecule has 9 heteroatoms. The SMILES string of the molecule is CCOC(=O)CCc1c(C)nc2c(C(=O)Nc3ccc(Cl)cc3)c[nH]n2c1=O. The summed E-state index contributed by atoms with van der Waals surface area (Å²) in [5.74, 6) is -0.785. The molecule has 28 heavy (non-hydrogen) atoms. The van der Waals surface area contributed by atoms with Crippen LogP contribution in [0.4, 0.5) is 5.69 Å². The summed E-state index contributed by atoms with van der Waals surface area (Å²) in [5, 5.41) is 6.05. The molecule has 8 nitrogen and oxygen atoms in total. The number of esters is 1. The van der Waals surface area contributed by atoms with Gasteiger partial charge in [0.05, 0.1) is 6.61 Å². The normalized spacial score (nSPS) is 10.8. The van der Waals surface area contributed by atoms with Gasteiger partial charge in [-0.25, -0.2) is 9.50 Å². The predicted octanol–water partition coefficient (Wildman–Crippen LogP) is 2.73. The molecule has 1 aromatic carbocycles. The van der Waals surface area contributed by atoms with Gasteiger partial charge in [-0.3, -0.25) is 19.5 Å². The molecule has 2 N–H and O–H groups in total. The fourth-order valence-electron chi connectivity index (χ4n) is 2.80. The second-order valence-electron chi connectivity index (χ2n) is 6.09. The molecule has 0 saturated carbocycles. The van der Waals surface area contributed by atoms with Gasteiger partial charge in [0.15, 0.2) is 5.65 Å². The topological polar surface area (TPSA) is 106 Å². The number of benzene rings is 1. The van der Waals surface area contributed by atoms with E-state index < -0.39 is 5.91 Å². The van der Waals surface area contributed by atoms with Crippen molar-refractivity contribution in [2.45, 2.75) is 26.7 Å². The third-order valence-corrected chi connectivity index (χ3v) is 4.45. The average Bonchev–Trinajstić information content (AvgIpc) is 3.07. The largest absolute Gasteiger partial charge is 0.466 e. The number of carbonyl (C=O) groups is 2. The van der Waals surface area contributed by atoms with Gasteiger partial charge < -0.3 is 10.1 Å².